The van der Waals surface area contributed by atoms with Gasteiger partial charge in [0.1, 0.15) is 5.82 Å². The molecule has 6 heteroatoms. The van der Waals surface area contributed by atoms with Crippen molar-refractivity contribution in [3.8, 4) is 0 Å². The lowest BCUT2D eigenvalue weighted by Crippen LogP contribution is -2.47. The number of hydrogen-bond acceptors (Lipinski definition) is 6. The number of esters is 1. The van der Waals surface area contributed by atoms with Gasteiger partial charge >= 0.3 is 5.97 Å². The highest BCUT2D eigenvalue weighted by Crippen LogP contribution is 2.15. The van der Waals surface area contributed by atoms with Crippen molar-refractivity contribution in [3.05, 3.63) is 23.4 Å². The minimum Gasteiger partial charge on any atom is -0.465 e. The van der Waals surface area contributed by atoms with E-state index in [4.69, 9.17) is 9.47 Å². The van der Waals surface area contributed by atoms with E-state index in [1.54, 1.807) is 19.1 Å². The first kappa shape index (κ1) is 15.7. The van der Waals surface area contributed by atoms with Crippen LogP contribution in [-0.4, -0.2) is 61.9 Å². The van der Waals surface area contributed by atoms with Gasteiger partial charge in [-0.2, -0.15) is 0 Å². The lowest BCUT2D eigenvalue weighted by atomic mass is 10.1. The molecule has 0 saturated carbocycles. The molecule has 1 fully saturated rings. The standard InChI is InChI=1S/C15H23N3O3/c1-10-12(15(19)20-4)5-6-14(16-10)17-11(2)13-9-18(3)7-8-21-13/h5-6,11,13H,7-9H2,1-4H3,(H,16,17). The number of methoxy groups -OCH3 is 1. The molecule has 1 aromatic rings. The van der Waals surface area contributed by atoms with Crippen molar-refractivity contribution in [2.75, 3.05) is 39.2 Å². The van der Waals surface area contributed by atoms with E-state index >= 15 is 0 Å². The van der Waals surface area contributed by atoms with Gasteiger partial charge in [0.05, 0.1) is 37.1 Å². The van der Waals surface area contributed by atoms with E-state index in [2.05, 4.69) is 29.2 Å². The maximum atomic E-state index is 11.5. The number of aryl methyl sites for hydroxylation is 1. The first-order chi connectivity index (χ1) is 10.0. The van der Waals surface area contributed by atoms with E-state index in [-0.39, 0.29) is 18.1 Å². The smallest absolute Gasteiger partial charge is 0.339 e. The third-order valence-electron chi connectivity index (χ3n) is 3.72. The van der Waals surface area contributed by atoms with Gasteiger partial charge in [0.15, 0.2) is 0 Å². The monoisotopic (exact) mass is 293 g/mol. The van der Waals surface area contributed by atoms with Crippen LogP contribution in [-0.2, 0) is 9.47 Å². The Bertz CT molecular complexity index is 507. The van der Waals surface area contributed by atoms with Crippen LogP contribution >= 0.6 is 0 Å². The van der Waals surface area contributed by atoms with Crippen LogP contribution in [0.25, 0.3) is 0 Å². The maximum Gasteiger partial charge on any atom is 0.339 e. The summed E-state index contributed by atoms with van der Waals surface area (Å²) in [4.78, 5) is 18.2. The van der Waals surface area contributed by atoms with Crippen molar-refractivity contribution in [2.24, 2.45) is 0 Å². The largest absolute Gasteiger partial charge is 0.465 e. The van der Waals surface area contributed by atoms with E-state index in [0.717, 1.165) is 25.5 Å². The molecule has 0 aliphatic carbocycles. The molecule has 21 heavy (non-hydrogen) atoms. The molecule has 1 N–H and O–H groups in total. The summed E-state index contributed by atoms with van der Waals surface area (Å²) in [5.41, 5.74) is 1.14. The van der Waals surface area contributed by atoms with E-state index in [9.17, 15) is 4.79 Å². The first-order valence-corrected chi connectivity index (χ1v) is 7.14. The number of rotatable bonds is 4. The van der Waals surface area contributed by atoms with Crippen LogP contribution in [0.5, 0.6) is 0 Å². The number of hydrogen-bond donors (Lipinski definition) is 1. The predicted octanol–water partition coefficient (Wildman–Crippen LogP) is 1.31. The molecule has 1 aromatic heterocycles. The number of pyridine rings is 1. The molecule has 0 amide bonds. The summed E-state index contributed by atoms with van der Waals surface area (Å²) in [5.74, 6) is 0.376. The number of ether oxygens (including phenoxy) is 2. The van der Waals surface area contributed by atoms with Crippen LogP contribution in [0.2, 0.25) is 0 Å². The summed E-state index contributed by atoms with van der Waals surface area (Å²) in [6, 6.07) is 3.67. The number of nitrogens with zero attached hydrogens (tertiary/aromatic N) is 2. The Hall–Kier alpha value is -1.66. The van der Waals surface area contributed by atoms with Gasteiger partial charge in [-0.1, -0.05) is 0 Å². The zero-order chi connectivity index (χ0) is 15.4. The number of morpholine rings is 1. The molecule has 0 radical (unpaired) electrons. The predicted molar refractivity (Wildman–Crippen MR) is 80.6 cm³/mol. The summed E-state index contributed by atoms with van der Waals surface area (Å²) in [5, 5.41) is 3.34. The Kier molecular flexibility index (Phi) is 5.14. The third-order valence-corrected chi connectivity index (χ3v) is 3.72. The number of anilines is 1. The van der Waals surface area contributed by atoms with Gasteiger partial charge in [0.2, 0.25) is 0 Å². The van der Waals surface area contributed by atoms with Gasteiger partial charge in [-0.15, -0.1) is 0 Å². The quantitative estimate of drug-likeness (QED) is 0.845. The van der Waals surface area contributed by atoms with Crippen LogP contribution in [0, 0.1) is 6.92 Å². The van der Waals surface area contributed by atoms with Crippen molar-refractivity contribution >= 4 is 11.8 Å². The van der Waals surface area contributed by atoms with E-state index in [1.807, 2.05) is 0 Å². The highest BCUT2D eigenvalue weighted by molar-refractivity contribution is 5.90. The molecule has 1 aliphatic heterocycles. The maximum absolute atomic E-state index is 11.5. The summed E-state index contributed by atoms with van der Waals surface area (Å²) >= 11 is 0. The fourth-order valence-corrected chi connectivity index (χ4v) is 2.41. The van der Waals surface area contributed by atoms with Crippen molar-refractivity contribution in [3.63, 3.8) is 0 Å². The number of carbonyl (C=O) groups excluding carboxylic acids is 1. The normalized spacial score (nSPS) is 20.9. The van der Waals surface area contributed by atoms with Gasteiger partial charge < -0.3 is 19.7 Å². The van der Waals surface area contributed by atoms with Crippen LogP contribution in [0.15, 0.2) is 12.1 Å². The average Bonchev–Trinajstić information content (AvgIpc) is 2.46. The van der Waals surface area contributed by atoms with Crippen molar-refractivity contribution in [1.29, 1.82) is 0 Å². The first-order valence-electron chi connectivity index (χ1n) is 7.14. The van der Waals surface area contributed by atoms with Crippen LogP contribution in [0.4, 0.5) is 5.82 Å². The fourth-order valence-electron chi connectivity index (χ4n) is 2.41. The van der Waals surface area contributed by atoms with E-state index in [1.165, 1.54) is 7.11 Å². The van der Waals surface area contributed by atoms with Crippen molar-refractivity contribution < 1.29 is 14.3 Å². The number of likely N-dealkylation sites (N-methyl/N-ethyl adjacent to an activating group) is 1. The molecular weight excluding hydrogens is 270 g/mol. The molecule has 1 aliphatic rings. The third kappa shape index (κ3) is 3.92. The second kappa shape index (κ2) is 6.87. The lowest BCUT2D eigenvalue weighted by molar-refractivity contribution is -0.0260. The Morgan fingerprint density at radius 1 is 1.57 bits per heavy atom. The van der Waals surface area contributed by atoms with Gasteiger partial charge in [-0.3, -0.25) is 0 Å². The number of nitrogens with one attached hydrogen (secondary N) is 1. The Morgan fingerprint density at radius 2 is 2.33 bits per heavy atom. The summed E-state index contributed by atoms with van der Waals surface area (Å²) in [6.07, 6.45) is 0.131. The zero-order valence-electron chi connectivity index (χ0n) is 13.0. The fraction of sp³-hybridized carbons (Fsp3) is 0.600. The van der Waals surface area contributed by atoms with Crippen LogP contribution < -0.4 is 5.32 Å². The summed E-state index contributed by atoms with van der Waals surface area (Å²) in [7, 11) is 3.46. The van der Waals surface area contributed by atoms with Crippen LogP contribution in [0.1, 0.15) is 23.0 Å². The van der Waals surface area contributed by atoms with Crippen molar-refractivity contribution in [1.82, 2.24) is 9.88 Å². The molecule has 6 nitrogen and oxygen atoms in total. The number of aromatic nitrogens is 1. The van der Waals surface area contributed by atoms with Crippen molar-refractivity contribution in [2.45, 2.75) is 26.0 Å². The molecule has 116 valence electrons. The molecule has 0 spiro atoms. The molecule has 1 saturated heterocycles. The second-order valence-corrected chi connectivity index (χ2v) is 5.43. The molecule has 2 atom stereocenters. The van der Waals surface area contributed by atoms with Gasteiger partial charge in [0.25, 0.3) is 0 Å². The highest BCUT2D eigenvalue weighted by Gasteiger charge is 2.24. The van der Waals surface area contributed by atoms with Gasteiger partial charge in [-0.25, -0.2) is 9.78 Å². The average molecular weight is 293 g/mol. The summed E-state index contributed by atoms with van der Waals surface area (Å²) in [6.45, 7) is 6.49. The zero-order valence-corrected chi connectivity index (χ0v) is 13.0. The van der Waals surface area contributed by atoms with Gasteiger partial charge in [-0.05, 0) is 33.0 Å². The molecule has 2 unspecified atom stereocenters. The molecular formula is C15H23N3O3. The molecule has 0 aromatic carbocycles. The number of carbonyl (C=O) groups is 1. The Morgan fingerprint density at radius 3 is 2.95 bits per heavy atom. The lowest BCUT2D eigenvalue weighted by Gasteiger charge is -2.34. The van der Waals surface area contributed by atoms with Crippen LogP contribution in [0.3, 0.4) is 0 Å². The minimum absolute atomic E-state index is 0.131. The molecule has 2 rings (SSSR count). The highest BCUT2D eigenvalue weighted by atomic mass is 16.5. The Labute approximate surface area is 125 Å². The van der Waals surface area contributed by atoms with E-state index < -0.39 is 0 Å². The molecule has 2 heterocycles. The van der Waals surface area contributed by atoms with Gasteiger partial charge in [0, 0.05) is 13.1 Å². The topological polar surface area (TPSA) is 63.7 Å². The Balaban J connectivity index is 2.02. The minimum atomic E-state index is -0.364. The second-order valence-electron chi connectivity index (χ2n) is 5.43. The molecule has 0 bridgehead atoms. The van der Waals surface area contributed by atoms with E-state index in [0.29, 0.717) is 11.3 Å². The summed E-state index contributed by atoms with van der Waals surface area (Å²) < 4.78 is 10.5. The SMILES string of the molecule is COC(=O)c1ccc(NC(C)C2CN(C)CCO2)nc1C.